The summed E-state index contributed by atoms with van der Waals surface area (Å²) in [6.45, 7) is 0.789. The predicted molar refractivity (Wildman–Crippen MR) is 74.9 cm³/mol. The Bertz CT molecular complexity index is 491. The van der Waals surface area contributed by atoms with Crippen molar-refractivity contribution in [2.75, 3.05) is 19.7 Å². The van der Waals surface area contributed by atoms with Crippen LogP contribution < -0.4 is 0 Å². The first kappa shape index (κ1) is 15.5. The van der Waals surface area contributed by atoms with Gasteiger partial charge in [-0.2, -0.15) is 0 Å². The van der Waals surface area contributed by atoms with Gasteiger partial charge in [-0.3, -0.25) is 4.79 Å². The summed E-state index contributed by atoms with van der Waals surface area (Å²) >= 11 is 0. The molecule has 1 fully saturated rings. The van der Waals surface area contributed by atoms with Crippen LogP contribution in [0.25, 0.3) is 0 Å². The second-order valence-electron chi connectivity index (χ2n) is 5.05. The first-order valence-electron chi connectivity index (χ1n) is 6.92. The first-order valence-corrected chi connectivity index (χ1v) is 6.92. The number of ether oxygens (including phenoxy) is 1. The number of rotatable bonds is 5. The molecule has 0 aliphatic carbocycles. The molecule has 0 bridgehead atoms. The second kappa shape index (κ2) is 7.19. The highest BCUT2D eigenvalue weighted by atomic mass is 16.5. The molecule has 1 aromatic rings. The van der Waals surface area contributed by atoms with E-state index in [-0.39, 0.29) is 25.2 Å². The largest absolute Gasteiger partial charge is 0.480 e. The molecular weight excluding hydrogens is 274 g/mol. The highest BCUT2D eigenvalue weighted by Gasteiger charge is 2.24. The number of benzene rings is 1. The van der Waals surface area contributed by atoms with Crippen molar-refractivity contribution in [3.63, 3.8) is 0 Å². The Hall–Kier alpha value is -1.92. The summed E-state index contributed by atoms with van der Waals surface area (Å²) in [5.74, 6) is -1.02. The van der Waals surface area contributed by atoms with E-state index in [1.165, 1.54) is 0 Å². The Kier molecular flexibility index (Phi) is 5.30. The van der Waals surface area contributed by atoms with E-state index in [1.807, 2.05) is 0 Å². The normalized spacial score (nSPS) is 16.0. The third-order valence-corrected chi connectivity index (χ3v) is 3.56. The second-order valence-corrected chi connectivity index (χ2v) is 5.05. The molecule has 0 radical (unpaired) electrons. The van der Waals surface area contributed by atoms with E-state index in [2.05, 4.69) is 0 Å². The molecular formula is C15H19NO5. The molecule has 1 aliphatic rings. The fraction of sp³-hybridized carbons (Fsp3) is 0.467. The minimum Gasteiger partial charge on any atom is -0.480 e. The molecule has 0 saturated carbocycles. The number of hydrogen-bond acceptors (Lipinski definition) is 4. The quantitative estimate of drug-likeness (QED) is 0.841. The van der Waals surface area contributed by atoms with Gasteiger partial charge in [-0.15, -0.1) is 0 Å². The van der Waals surface area contributed by atoms with Crippen LogP contribution in [0.15, 0.2) is 24.3 Å². The molecule has 6 nitrogen and oxygen atoms in total. The van der Waals surface area contributed by atoms with E-state index < -0.39 is 5.97 Å². The maximum atomic E-state index is 12.3. The van der Waals surface area contributed by atoms with E-state index in [0.29, 0.717) is 31.5 Å². The zero-order valence-corrected chi connectivity index (χ0v) is 11.7. The summed E-state index contributed by atoms with van der Waals surface area (Å²) in [7, 11) is 0. The molecule has 2 N–H and O–H groups in total. The van der Waals surface area contributed by atoms with Crippen LogP contribution in [0.1, 0.15) is 28.8 Å². The smallest absolute Gasteiger partial charge is 0.329 e. The Morgan fingerprint density at radius 1 is 1.19 bits per heavy atom. The zero-order chi connectivity index (χ0) is 15.2. The lowest BCUT2D eigenvalue weighted by molar-refractivity contribution is -0.145. The van der Waals surface area contributed by atoms with E-state index >= 15 is 0 Å². The fourth-order valence-corrected chi connectivity index (χ4v) is 2.35. The number of likely N-dealkylation sites (tertiary alicyclic amines) is 1. The highest BCUT2D eigenvalue weighted by Crippen LogP contribution is 2.16. The van der Waals surface area contributed by atoms with Gasteiger partial charge in [0, 0.05) is 18.7 Å². The molecule has 1 aliphatic heterocycles. The van der Waals surface area contributed by atoms with Crippen LogP contribution in [0.4, 0.5) is 0 Å². The SMILES string of the molecule is O=C(O)COC1CCN(C(=O)c2ccc(CO)cc2)CC1. The van der Waals surface area contributed by atoms with E-state index in [9.17, 15) is 9.59 Å². The molecule has 0 aromatic heterocycles. The average molecular weight is 293 g/mol. The van der Waals surface area contributed by atoms with Gasteiger partial charge >= 0.3 is 5.97 Å². The van der Waals surface area contributed by atoms with Crippen molar-refractivity contribution in [3.05, 3.63) is 35.4 Å². The molecule has 1 heterocycles. The van der Waals surface area contributed by atoms with Crippen LogP contribution in [0.5, 0.6) is 0 Å². The fourth-order valence-electron chi connectivity index (χ4n) is 2.35. The maximum absolute atomic E-state index is 12.3. The van der Waals surface area contributed by atoms with Gasteiger partial charge < -0.3 is 19.8 Å². The van der Waals surface area contributed by atoms with Crippen LogP contribution in [0.3, 0.4) is 0 Å². The number of carboxylic acid groups (broad SMARTS) is 1. The molecule has 0 spiro atoms. The lowest BCUT2D eigenvalue weighted by Gasteiger charge is -2.31. The van der Waals surface area contributed by atoms with Crippen molar-refractivity contribution < 1.29 is 24.5 Å². The van der Waals surface area contributed by atoms with E-state index in [4.69, 9.17) is 14.9 Å². The summed E-state index contributed by atoms with van der Waals surface area (Å²) in [5.41, 5.74) is 1.37. The van der Waals surface area contributed by atoms with Crippen LogP contribution in [-0.4, -0.2) is 52.8 Å². The number of aliphatic hydroxyl groups excluding tert-OH is 1. The number of carbonyl (C=O) groups is 2. The minimum absolute atomic E-state index is 0.0409. The van der Waals surface area contributed by atoms with Gasteiger partial charge in [0.2, 0.25) is 0 Å². The van der Waals surface area contributed by atoms with Crippen LogP contribution in [-0.2, 0) is 16.1 Å². The van der Waals surface area contributed by atoms with Crippen LogP contribution >= 0.6 is 0 Å². The Balaban J connectivity index is 1.86. The molecule has 114 valence electrons. The summed E-state index contributed by atoms with van der Waals surface area (Å²) < 4.78 is 5.24. The summed E-state index contributed by atoms with van der Waals surface area (Å²) in [6.07, 6.45) is 1.20. The number of carbonyl (C=O) groups excluding carboxylic acids is 1. The zero-order valence-electron chi connectivity index (χ0n) is 11.7. The van der Waals surface area contributed by atoms with Gasteiger partial charge in [-0.05, 0) is 30.5 Å². The molecule has 0 unspecified atom stereocenters. The number of nitrogens with zero attached hydrogens (tertiary/aromatic N) is 1. The van der Waals surface area contributed by atoms with Gasteiger partial charge in [0.05, 0.1) is 12.7 Å². The number of aliphatic carboxylic acids is 1. The number of aliphatic hydroxyl groups is 1. The van der Waals surface area contributed by atoms with Crippen LogP contribution in [0, 0.1) is 0 Å². The summed E-state index contributed by atoms with van der Waals surface area (Å²) in [4.78, 5) is 24.5. The van der Waals surface area contributed by atoms with Gasteiger partial charge in [-0.1, -0.05) is 12.1 Å². The van der Waals surface area contributed by atoms with Crippen molar-refractivity contribution in [2.24, 2.45) is 0 Å². The molecule has 2 rings (SSSR count). The summed E-state index contributed by atoms with van der Waals surface area (Å²) in [5, 5.41) is 17.6. The van der Waals surface area contributed by atoms with Crippen molar-refractivity contribution >= 4 is 11.9 Å². The van der Waals surface area contributed by atoms with E-state index in [0.717, 1.165) is 5.56 Å². The van der Waals surface area contributed by atoms with Crippen molar-refractivity contribution in [3.8, 4) is 0 Å². The summed E-state index contributed by atoms with van der Waals surface area (Å²) in [6, 6.07) is 6.88. The topological polar surface area (TPSA) is 87.1 Å². The lowest BCUT2D eigenvalue weighted by atomic mass is 10.1. The third kappa shape index (κ3) is 4.27. The average Bonchev–Trinajstić information content (AvgIpc) is 2.53. The number of piperidine rings is 1. The van der Waals surface area contributed by atoms with E-state index in [1.54, 1.807) is 29.2 Å². The van der Waals surface area contributed by atoms with Crippen LogP contribution in [0.2, 0.25) is 0 Å². The van der Waals surface area contributed by atoms with Gasteiger partial charge in [-0.25, -0.2) is 4.79 Å². The lowest BCUT2D eigenvalue weighted by Crippen LogP contribution is -2.41. The number of hydrogen-bond donors (Lipinski definition) is 2. The minimum atomic E-state index is -0.975. The molecule has 1 amide bonds. The van der Waals surface area contributed by atoms with Gasteiger partial charge in [0.1, 0.15) is 6.61 Å². The first-order chi connectivity index (χ1) is 10.1. The van der Waals surface area contributed by atoms with Crippen molar-refractivity contribution in [1.29, 1.82) is 0 Å². The Morgan fingerprint density at radius 3 is 2.33 bits per heavy atom. The third-order valence-electron chi connectivity index (χ3n) is 3.56. The Labute approximate surface area is 122 Å². The standard InChI is InChI=1S/C15H19NO5/c17-9-11-1-3-12(4-2-11)15(20)16-7-5-13(6-8-16)21-10-14(18)19/h1-4,13,17H,5-10H2,(H,18,19). The predicted octanol–water partition coefficient (Wildman–Crippen LogP) is 0.885. The van der Waals surface area contributed by atoms with Gasteiger partial charge in [0.25, 0.3) is 5.91 Å². The van der Waals surface area contributed by atoms with Crippen molar-refractivity contribution in [2.45, 2.75) is 25.6 Å². The maximum Gasteiger partial charge on any atom is 0.329 e. The highest BCUT2D eigenvalue weighted by molar-refractivity contribution is 5.94. The molecule has 0 atom stereocenters. The monoisotopic (exact) mass is 293 g/mol. The van der Waals surface area contributed by atoms with Crippen molar-refractivity contribution in [1.82, 2.24) is 4.90 Å². The molecule has 1 saturated heterocycles. The molecule has 21 heavy (non-hydrogen) atoms. The molecule has 1 aromatic carbocycles. The Morgan fingerprint density at radius 2 is 1.81 bits per heavy atom. The van der Waals surface area contributed by atoms with Gasteiger partial charge in [0.15, 0.2) is 0 Å². The number of amides is 1. The number of carboxylic acids is 1. The molecule has 6 heteroatoms.